The van der Waals surface area contributed by atoms with Crippen LogP contribution in [-0.4, -0.2) is 53.4 Å². The molecular weight excluding hydrogens is 384 g/mol. The predicted octanol–water partition coefficient (Wildman–Crippen LogP) is 1.86. The quantitative estimate of drug-likeness (QED) is 0.529. The number of urea groups is 1. The summed E-state index contributed by atoms with van der Waals surface area (Å²) < 4.78 is 5.94. The molecule has 3 amide bonds. The highest BCUT2D eigenvalue weighted by molar-refractivity contribution is 5.89. The molecule has 0 unspecified atom stereocenters. The molecule has 1 aromatic heterocycles. The number of anilines is 1. The van der Waals surface area contributed by atoms with Crippen LogP contribution in [0.15, 0.2) is 54.7 Å². The summed E-state index contributed by atoms with van der Waals surface area (Å²) >= 11 is 0. The van der Waals surface area contributed by atoms with Crippen molar-refractivity contribution in [3.8, 4) is 0 Å². The van der Waals surface area contributed by atoms with E-state index in [1.165, 1.54) is 0 Å². The van der Waals surface area contributed by atoms with E-state index in [2.05, 4.69) is 20.9 Å². The second kappa shape index (κ2) is 11.3. The van der Waals surface area contributed by atoms with E-state index in [1.54, 1.807) is 18.3 Å². The zero-order valence-corrected chi connectivity index (χ0v) is 16.8. The third-order valence-electron chi connectivity index (χ3n) is 5.00. The van der Waals surface area contributed by atoms with Gasteiger partial charge in [-0.25, -0.2) is 4.79 Å². The molecule has 0 saturated carbocycles. The number of nitrogens with one attached hydrogen (secondary N) is 3. The molecule has 0 bridgehead atoms. The van der Waals surface area contributed by atoms with E-state index < -0.39 is 6.10 Å². The average Bonchev–Trinajstić information content (AvgIpc) is 2.76. The third-order valence-corrected chi connectivity index (χ3v) is 5.00. The van der Waals surface area contributed by atoms with E-state index in [4.69, 9.17) is 4.74 Å². The molecule has 3 rings (SSSR count). The SMILES string of the molecule is O=C(Cc1ccccn1)NCC[C@H]1CC[C@H](NC(=O)Nc2ccccc2)[C@H](CO)O1. The van der Waals surface area contributed by atoms with Gasteiger partial charge in [-0.15, -0.1) is 0 Å². The number of amides is 3. The molecule has 0 spiro atoms. The van der Waals surface area contributed by atoms with Gasteiger partial charge in [0.25, 0.3) is 0 Å². The standard InChI is InChI=1S/C22H28N4O4/c27-15-20-19(26-22(29)25-16-6-2-1-3-7-16)10-9-18(30-20)11-13-24-21(28)14-17-8-4-5-12-23-17/h1-8,12,18-20,27H,9-11,13-15H2,(H,24,28)(H2,25,26,29)/t18-,19+,20+/m1/s1. The zero-order chi connectivity index (χ0) is 21.2. The molecule has 1 aliphatic heterocycles. The van der Waals surface area contributed by atoms with E-state index >= 15 is 0 Å². The van der Waals surface area contributed by atoms with Gasteiger partial charge < -0.3 is 25.8 Å². The fourth-order valence-electron chi connectivity index (χ4n) is 3.47. The number of benzene rings is 1. The lowest BCUT2D eigenvalue weighted by molar-refractivity contribution is -0.121. The Morgan fingerprint density at radius 1 is 1.10 bits per heavy atom. The minimum atomic E-state index is -0.477. The molecule has 0 radical (unpaired) electrons. The van der Waals surface area contributed by atoms with Crippen LogP contribution in [0.1, 0.15) is 25.0 Å². The van der Waals surface area contributed by atoms with Crippen LogP contribution in [0.3, 0.4) is 0 Å². The number of aliphatic hydroxyl groups is 1. The van der Waals surface area contributed by atoms with E-state index in [9.17, 15) is 14.7 Å². The Labute approximate surface area is 176 Å². The summed E-state index contributed by atoms with van der Waals surface area (Å²) in [6, 6.07) is 14.1. The maximum atomic E-state index is 12.2. The van der Waals surface area contributed by atoms with Crippen molar-refractivity contribution in [1.29, 1.82) is 0 Å². The Kier molecular flexibility index (Phi) is 8.17. The highest BCUT2D eigenvalue weighted by atomic mass is 16.5. The lowest BCUT2D eigenvalue weighted by Crippen LogP contribution is -2.52. The Morgan fingerprint density at radius 3 is 2.63 bits per heavy atom. The number of nitrogens with zero attached hydrogens (tertiary/aromatic N) is 1. The molecule has 1 fully saturated rings. The summed E-state index contributed by atoms with van der Waals surface area (Å²) in [5.41, 5.74) is 1.43. The van der Waals surface area contributed by atoms with Crippen LogP contribution in [0.5, 0.6) is 0 Å². The molecule has 2 heterocycles. The van der Waals surface area contributed by atoms with E-state index in [1.807, 2.05) is 36.4 Å². The number of rotatable bonds is 8. The Bertz CT molecular complexity index is 803. The number of aliphatic hydroxyl groups excluding tert-OH is 1. The summed E-state index contributed by atoms with van der Waals surface area (Å²) in [5, 5.41) is 18.2. The first-order chi connectivity index (χ1) is 14.6. The number of hydrogen-bond acceptors (Lipinski definition) is 5. The first kappa shape index (κ1) is 21.7. The van der Waals surface area contributed by atoms with Gasteiger partial charge in [0.15, 0.2) is 0 Å². The van der Waals surface area contributed by atoms with Crippen molar-refractivity contribution < 1.29 is 19.4 Å². The largest absolute Gasteiger partial charge is 0.394 e. The van der Waals surface area contributed by atoms with Crippen LogP contribution in [-0.2, 0) is 16.0 Å². The first-order valence-corrected chi connectivity index (χ1v) is 10.2. The molecule has 0 aliphatic carbocycles. The van der Waals surface area contributed by atoms with Gasteiger partial charge in [0.1, 0.15) is 6.10 Å². The summed E-state index contributed by atoms with van der Waals surface area (Å²) in [7, 11) is 0. The number of carbonyl (C=O) groups excluding carboxylic acids is 2. The van der Waals surface area contributed by atoms with E-state index in [0.29, 0.717) is 25.1 Å². The Balaban J connectivity index is 1.38. The van der Waals surface area contributed by atoms with Gasteiger partial charge in [-0.05, 0) is 43.5 Å². The number of hydrogen-bond donors (Lipinski definition) is 4. The number of pyridine rings is 1. The van der Waals surface area contributed by atoms with Crippen LogP contribution in [0.2, 0.25) is 0 Å². The summed E-state index contributed by atoms with van der Waals surface area (Å²) in [6.07, 6.45) is 3.43. The van der Waals surface area contributed by atoms with Crippen LogP contribution in [0.4, 0.5) is 10.5 Å². The summed E-state index contributed by atoms with van der Waals surface area (Å²) in [6.45, 7) is 0.305. The molecule has 4 N–H and O–H groups in total. The van der Waals surface area contributed by atoms with Crippen molar-refractivity contribution in [2.45, 2.75) is 43.9 Å². The fraction of sp³-hybridized carbons (Fsp3) is 0.409. The number of aromatic nitrogens is 1. The third kappa shape index (κ3) is 6.82. The van der Waals surface area contributed by atoms with Crippen LogP contribution in [0, 0.1) is 0 Å². The molecule has 1 aliphatic rings. The lowest BCUT2D eigenvalue weighted by Gasteiger charge is -2.36. The van der Waals surface area contributed by atoms with E-state index in [0.717, 1.165) is 12.1 Å². The maximum Gasteiger partial charge on any atom is 0.319 e. The maximum absolute atomic E-state index is 12.2. The van der Waals surface area contributed by atoms with Crippen LogP contribution < -0.4 is 16.0 Å². The molecule has 1 saturated heterocycles. The second-order valence-corrected chi connectivity index (χ2v) is 7.26. The molecule has 8 nitrogen and oxygen atoms in total. The molecule has 2 aromatic rings. The average molecular weight is 412 g/mol. The van der Waals surface area contributed by atoms with Crippen molar-refractivity contribution in [3.05, 3.63) is 60.4 Å². The minimum Gasteiger partial charge on any atom is -0.394 e. The van der Waals surface area contributed by atoms with Gasteiger partial charge in [0.05, 0.1) is 25.2 Å². The number of para-hydroxylation sites is 1. The van der Waals surface area contributed by atoms with Gasteiger partial charge in [-0.3, -0.25) is 9.78 Å². The topological polar surface area (TPSA) is 113 Å². The minimum absolute atomic E-state index is 0.0764. The highest BCUT2D eigenvalue weighted by Crippen LogP contribution is 2.22. The van der Waals surface area contributed by atoms with Crippen molar-refractivity contribution in [2.24, 2.45) is 0 Å². The van der Waals surface area contributed by atoms with Crippen LogP contribution in [0.25, 0.3) is 0 Å². The molecule has 1 aromatic carbocycles. The molecule has 3 atom stereocenters. The van der Waals surface area contributed by atoms with Gasteiger partial charge in [0, 0.05) is 24.1 Å². The van der Waals surface area contributed by atoms with Gasteiger partial charge >= 0.3 is 6.03 Å². The van der Waals surface area contributed by atoms with Gasteiger partial charge in [0.2, 0.25) is 5.91 Å². The van der Waals surface area contributed by atoms with E-state index in [-0.39, 0.29) is 37.1 Å². The lowest BCUT2D eigenvalue weighted by atomic mass is 9.97. The van der Waals surface area contributed by atoms with Crippen molar-refractivity contribution >= 4 is 17.6 Å². The number of carbonyl (C=O) groups is 2. The predicted molar refractivity (Wildman–Crippen MR) is 113 cm³/mol. The zero-order valence-electron chi connectivity index (χ0n) is 16.8. The van der Waals surface area contributed by atoms with Gasteiger partial charge in [-0.2, -0.15) is 0 Å². The normalized spacial score (nSPS) is 20.9. The Hall–Kier alpha value is -2.97. The van der Waals surface area contributed by atoms with Crippen LogP contribution >= 0.6 is 0 Å². The van der Waals surface area contributed by atoms with Crippen molar-refractivity contribution in [1.82, 2.24) is 15.6 Å². The van der Waals surface area contributed by atoms with Crippen molar-refractivity contribution in [2.75, 3.05) is 18.5 Å². The molecule has 30 heavy (non-hydrogen) atoms. The molecule has 160 valence electrons. The second-order valence-electron chi connectivity index (χ2n) is 7.26. The number of ether oxygens (including phenoxy) is 1. The first-order valence-electron chi connectivity index (χ1n) is 10.2. The summed E-state index contributed by atoms with van der Waals surface area (Å²) in [5.74, 6) is -0.0830. The Morgan fingerprint density at radius 2 is 1.90 bits per heavy atom. The van der Waals surface area contributed by atoms with Crippen molar-refractivity contribution in [3.63, 3.8) is 0 Å². The fourth-order valence-corrected chi connectivity index (χ4v) is 3.47. The molecular formula is C22H28N4O4. The highest BCUT2D eigenvalue weighted by Gasteiger charge is 2.31. The summed E-state index contributed by atoms with van der Waals surface area (Å²) in [4.78, 5) is 28.4. The monoisotopic (exact) mass is 412 g/mol. The smallest absolute Gasteiger partial charge is 0.319 e. The molecule has 8 heteroatoms. The van der Waals surface area contributed by atoms with Gasteiger partial charge in [-0.1, -0.05) is 24.3 Å².